The highest BCUT2D eigenvalue weighted by Crippen LogP contribution is 2.19. The first kappa shape index (κ1) is 17.5. The van der Waals surface area contributed by atoms with Gasteiger partial charge in [0, 0.05) is 6.54 Å². The monoisotopic (exact) mass is 292 g/mol. The van der Waals surface area contributed by atoms with E-state index in [0.29, 0.717) is 19.6 Å². The van der Waals surface area contributed by atoms with E-state index < -0.39 is 0 Å². The van der Waals surface area contributed by atoms with Crippen molar-refractivity contribution in [2.75, 3.05) is 13.2 Å². The highest BCUT2D eigenvalue weighted by Gasteiger charge is 2.25. The second kappa shape index (κ2) is 8.03. The molecule has 0 radical (unpaired) electrons. The van der Waals surface area contributed by atoms with E-state index in [1.165, 1.54) is 5.56 Å². The first-order valence-corrected chi connectivity index (χ1v) is 7.67. The molecule has 0 fully saturated rings. The maximum atomic E-state index is 12.0. The molecule has 1 aromatic carbocycles. The molecule has 0 unspecified atom stereocenters. The molecule has 0 saturated heterocycles. The van der Waals surface area contributed by atoms with Crippen LogP contribution in [-0.4, -0.2) is 24.6 Å². The van der Waals surface area contributed by atoms with E-state index in [0.717, 1.165) is 24.2 Å². The zero-order valence-corrected chi connectivity index (χ0v) is 13.7. The van der Waals surface area contributed by atoms with Gasteiger partial charge in [0.1, 0.15) is 5.75 Å². The molecule has 21 heavy (non-hydrogen) atoms. The fourth-order valence-electron chi connectivity index (χ4n) is 2.34. The molecule has 118 valence electrons. The van der Waals surface area contributed by atoms with Crippen LogP contribution in [0.15, 0.2) is 18.2 Å². The van der Waals surface area contributed by atoms with Crippen molar-refractivity contribution in [3.8, 4) is 5.75 Å². The summed E-state index contributed by atoms with van der Waals surface area (Å²) < 4.78 is 5.69. The van der Waals surface area contributed by atoms with E-state index in [9.17, 15) is 4.79 Å². The van der Waals surface area contributed by atoms with Crippen LogP contribution in [0.2, 0.25) is 0 Å². The quantitative estimate of drug-likeness (QED) is 0.774. The van der Waals surface area contributed by atoms with Gasteiger partial charge in [-0.3, -0.25) is 4.79 Å². The van der Waals surface area contributed by atoms with Crippen LogP contribution in [0.4, 0.5) is 0 Å². The van der Waals surface area contributed by atoms with Crippen molar-refractivity contribution < 1.29 is 9.53 Å². The molecule has 0 aliphatic rings. The molecule has 4 nitrogen and oxygen atoms in total. The van der Waals surface area contributed by atoms with E-state index in [2.05, 4.69) is 11.4 Å². The van der Waals surface area contributed by atoms with Gasteiger partial charge in [-0.25, -0.2) is 0 Å². The van der Waals surface area contributed by atoms with Crippen LogP contribution in [0.5, 0.6) is 5.75 Å². The lowest BCUT2D eigenvalue weighted by Gasteiger charge is -2.31. The Hall–Kier alpha value is -1.55. The molecule has 4 heteroatoms. The number of aryl methyl sites for hydroxylation is 2. The Bertz CT molecular complexity index is 460. The first-order valence-electron chi connectivity index (χ1n) is 7.67. The molecule has 1 amide bonds. The third-order valence-corrected chi connectivity index (χ3v) is 4.07. The summed E-state index contributed by atoms with van der Waals surface area (Å²) in [4.78, 5) is 12.0. The molecule has 0 atom stereocenters. The highest BCUT2D eigenvalue weighted by atomic mass is 16.5. The van der Waals surface area contributed by atoms with E-state index in [4.69, 9.17) is 10.5 Å². The molecule has 0 spiro atoms. The van der Waals surface area contributed by atoms with Gasteiger partial charge in [0.25, 0.3) is 0 Å². The smallest absolute Gasteiger partial charge is 0.223 e. The van der Waals surface area contributed by atoms with Gasteiger partial charge < -0.3 is 15.8 Å². The van der Waals surface area contributed by atoms with E-state index >= 15 is 0 Å². The summed E-state index contributed by atoms with van der Waals surface area (Å²) in [6.45, 7) is 8.99. The van der Waals surface area contributed by atoms with Crippen molar-refractivity contribution in [2.24, 2.45) is 5.73 Å². The minimum atomic E-state index is -0.281. The molecule has 1 aromatic rings. The number of carbonyl (C=O) groups is 1. The minimum Gasteiger partial charge on any atom is -0.493 e. The maximum absolute atomic E-state index is 12.0. The van der Waals surface area contributed by atoms with E-state index in [-0.39, 0.29) is 11.4 Å². The number of nitrogens with two attached hydrogens (primary N) is 1. The predicted octanol–water partition coefficient (Wildman–Crippen LogP) is 2.71. The number of benzene rings is 1. The fraction of sp³-hybridized carbons (Fsp3) is 0.588. The fourth-order valence-corrected chi connectivity index (χ4v) is 2.34. The zero-order valence-electron chi connectivity index (χ0n) is 13.7. The van der Waals surface area contributed by atoms with Crippen molar-refractivity contribution in [1.82, 2.24) is 5.32 Å². The molecule has 0 saturated carbocycles. The summed E-state index contributed by atoms with van der Waals surface area (Å²) in [7, 11) is 0. The van der Waals surface area contributed by atoms with Gasteiger partial charge in [-0.1, -0.05) is 31.5 Å². The Morgan fingerprint density at radius 3 is 2.48 bits per heavy atom. The SMILES string of the molecule is CCC(CC)(CN)NC(=O)CCOc1ccc(C)cc1C. The molecule has 0 bridgehead atoms. The van der Waals surface area contributed by atoms with E-state index in [1.54, 1.807) is 0 Å². The van der Waals surface area contributed by atoms with Crippen LogP contribution in [-0.2, 0) is 4.79 Å². The van der Waals surface area contributed by atoms with Crippen molar-refractivity contribution in [3.05, 3.63) is 29.3 Å². The Kier molecular flexibility index (Phi) is 6.69. The number of hydrogen-bond donors (Lipinski definition) is 2. The van der Waals surface area contributed by atoms with Crippen molar-refractivity contribution in [3.63, 3.8) is 0 Å². The first-order chi connectivity index (χ1) is 9.96. The third-order valence-electron chi connectivity index (χ3n) is 4.07. The summed E-state index contributed by atoms with van der Waals surface area (Å²) in [5, 5.41) is 3.05. The topological polar surface area (TPSA) is 64.3 Å². The van der Waals surface area contributed by atoms with Crippen molar-refractivity contribution >= 4 is 5.91 Å². The number of amides is 1. The zero-order chi connectivity index (χ0) is 15.9. The average molecular weight is 292 g/mol. The lowest BCUT2D eigenvalue weighted by Crippen LogP contribution is -2.53. The molecule has 0 aliphatic carbocycles. The Labute approximate surface area is 128 Å². The molecule has 1 rings (SSSR count). The second-order valence-electron chi connectivity index (χ2n) is 5.61. The third kappa shape index (κ3) is 5.05. The van der Waals surface area contributed by atoms with Gasteiger partial charge in [-0.15, -0.1) is 0 Å². The highest BCUT2D eigenvalue weighted by molar-refractivity contribution is 5.77. The predicted molar refractivity (Wildman–Crippen MR) is 86.5 cm³/mol. The Morgan fingerprint density at radius 1 is 1.29 bits per heavy atom. The van der Waals surface area contributed by atoms with Crippen LogP contribution in [0, 0.1) is 13.8 Å². The molecular weight excluding hydrogens is 264 g/mol. The largest absolute Gasteiger partial charge is 0.493 e. The van der Waals surface area contributed by atoms with Crippen LogP contribution >= 0.6 is 0 Å². The van der Waals surface area contributed by atoms with Gasteiger partial charge in [-0.2, -0.15) is 0 Å². The summed E-state index contributed by atoms with van der Waals surface area (Å²) in [6, 6.07) is 6.03. The minimum absolute atomic E-state index is 0.00563. The van der Waals surface area contributed by atoms with Gasteiger partial charge in [0.2, 0.25) is 5.91 Å². The van der Waals surface area contributed by atoms with Crippen LogP contribution in [0.1, 0.15) is 44.2 Å². The van der Waals surface area contributed by atoms with Crippen LogP contribution in [0.25, 0.3) is 0 Å². The van der Waals surface area contributed by atoms with E-state index in [1.807, 2.05) is 39.8 Å². The molecule has 0 heterocycles. The number of hydrogen-bond acceptors (Lipinski definition) is 3. The molecule has 3 N–H and O–H groups in total. The average Bonchev–Trinajstić information content (AvgIpc) is 2.47. The number of nitrogens with one attached hydrogen (secondary N) is 1. The van der Waals surface area contributed by atoms with Crippen molar-refractivity contribution in [2.45, 2.75) is 52.5 Å². The number of ether oxygens (including phenoxy) is 1. The summed E-state index contributed by atoms with van der Waals surface area (Å²) >= 11 is 0. The van der Waals surface area contributed by atoms with Crippen LogP contribution < -0.4 is 15.8 Å². The Balaban J connectivity index is 2.46. The molecular formula is C17H28N2O2. The van der Waals surface area contributed by atoms with Crippen LogP contribution in [0.3, 0.4) is 0 Å². The van der Waals surface area contributed by atoms with Gasteiger partial charge in [0.05, 0.1) is 18.6 Å². The Morgan fingerprint density at radius 2 is 1.95 bits per heavy atom. The van der Waals surface area contributed by atoms with Gasteiger partial charge in [0.15, 0.2) is 0 Å². The lowest BCUT2D eigenvalue weighted by molar-refractivity contribution is -0.123. The standard InChI is InChI=1S/C17H28N2O2/c1-5-17(6-2,12-18)19-16(20)9-10-21-15-8-7-13(3)11-14(15)4/h7-8,11H,5-6,9-10,12,18H2,1-4H3,(H,19,20). The number of carbonyl (C=O) groups excluding carboxylic acids is 1. The number of rotatable bonds is 8. The van der Waals surface area contributed by atoms with Gasteiger partial charge in [-0.05, 0) is 38.3 Å². The normalized spacial score (nSPS) is 11.3. The lowest BCUT2D eigenvalue weighted by atomic mass is 9.93. The maximum Gasteiger partial charge on any atom is 0.223 e. The second-order valence-corrected chi connectivity index (χ2v) is 5.61. The summed E-state index contributed by atoms with van der Waals surface area (Å²) in [6.07, 6.45) is 2.02. The summed E-state index contributed by atoms with van der Waals surface area (Å²) in [5.41, 5.74) is 7.80. The van der Waals surface area contributed by atoms with Gasteiger partial charge >= 0.3 is 0 Å². The van der Waals surface area contributed by atoms with Crippen molar-refractivity contribution in [1.29, 1.82) is 0 Å². The molecule has 0 aromatic heterocycles. The summed E-state index contributed by atoms with van der Waals surface area (Å²) in [5.74, 6) is 0.832. The molecule has 0 aliphatic heterocycles.